The van der Waals surface area contributed by atoms with E-state index in [2.05, 4.69) is 63.1 Å². The van der Waals surface area contributed by atoms with Gasteiger partial charge in [-0.1, -0.05) is 53.7 Å². The van der Waals surface area contributed by atoms with E-state index in [-0.39, 0.29) is 11.8 Å². The SMILES string of the molecule is O=C(NCc1ccccc1)[C@H]1CN2CC[C@H]1C[C@@H]2Cn1cc(CSc2ccccc2)nn1. The number of rotatable bonds is 8. The molecule has 1 amide bonds. The molecule has 3 aliphatic heterocycles. The van der Waals surface area contributed by atoms with Gasteiger partial charge in [-0.2, -0.15) is 0 Å². The van der Waals surface area contributed by atoms with E-state index >= 15 is 0 Å². The van der Waals surface area contributed by atoms with Crippen molar-refractivity contribution in [2.45, 2.75) is 42.6 Å². The molecule has 2 aromatic carbocycles. The first-order valence-electron chi connectivity index (χ1n) is 11.4. The normalized spacial score (nSPS) is 24.4. The van der Waals surface area contributed by atoms with E-state index in [1.165, 1.54) is 4.90 Å². The molecule has 0 radical (unpaired) electrons. The molecule has 3 saturated heterocycles. The van der Waals surface area contributed by atoms with Crippen molar-refractivity contribution in [1.29, 1.82) is 0 Å². The summed E-state index contributed by atoms with van der Waals surface area (Å²) in [6.07, 6.45) is 4.23. The highest BCUT2D eigenvalue weighted by Gasteiger charge is 2.43. The fourth-order valence-electron chi connectivity index (χ4n) is 4.93. The van der Waals surface area contributed by atoms with Crippen molar-refractivity contribution >= 4 is 17.7 Å². The molecule has 1 unspecified atom stereocenters. The molecule has 3 fully saturated rings. The number of thioether (sulfide) groups is 1. The molecule has 6 nitrogen and oxygen atoms in total. The highest BCUT2D eigenvalue weighted by Crippen LogP contribution is 2.37. The maximum atomic E-state index is 12.9. The number of hydrogen-bond donors (Lipinski definition) is 1. The Hall–Kier alpha value is -2.64. The minimum absolute atomic E-state index is 0.0947. The van der Waals surface area contributed by atoms with E-state index in [0.717, 1.165) is 49.5 Å². The molecule has 3 aromatic rings. The number of amides is 1. The van der Waals surface area contributed by atoms with Gasteiger partial charge in [-0.25, -0.2) is 0 Å². The van der Waals surface area contributed by atoms with Gasteiger partial charge in [-0.3, -0.25) is 14.4 Å². The maximum absolute atomic E-state index is 12.9. The first-order valence-corrected chi connectivity index (χ1v) is 12.4. The van der Waals surface area contributed by atoms with Crippen LogP contribution >= 0.6 is 11.8 Å². The average molecular weight is 448 g/mol. The van der Waals surface area contributed by atoms with Crippen LogP contribution in [0.1, 0.15) is 24.1 Å². The highest BCUT2D eigenvalue weighted by molar-refractivity contribution is 7.98. The summed E-state index contributed by atoms with van der Waals surface area (Å²) in [6, 6.07) is 20.9. The van der Waals surface area contributed by atoms with Gasteiger partial charge in [0.05, 0.1) is 18.2 Å². The van der Waals surface area contributed by atoms with Crippen molar-refractivity contribution in [2.24, 2.45) is 11.8 Å². The number of nitrogens with one attached hydrogen (secondary N) is 1. The number of aromatic nitrogens is 3. The molecule has 6 rings (SSSR count). The second-order valence-electron chi connectivity index (χ2n) is 8.78. The Kier molecular flexibility index (Phi) is 6.55. The van der Waals surface area contributed by atoms with E-state index in [1.54, 1.807) is 11.8 Å². The van der Waals surface area contributed by atoms with Crippen LogP contribution in [0, 0.1) is 11.8 Å². The zero-order valence-electron chi connectivity index (χ0n) is 18.1. The number of hydrogen-bond acceptors (Lipinski definition) is 5. The zero-order chi connectivity index (χ0) is 21.8. The van der Waals surface area contributed by atoms with Crippen molar-refractivity contribution in [3.63, 3.8) is 0 Å². The molecule has 0 spiro atoms. The fraction of sp³-hybridized carbons (Fsp3) is 0.400. The van der Waals surface area contributed by atoms with Crippen LogP contribution < -0.4 is 5.32 Å². The Bertz CT molecular complexity index is 1030. The number of benzene rings is 2. The third-order valence-corrected chi connectivity index (χ3v) is 7.68. The molecule has 7 heteroatoms. The van der Waals surface area contributed by atoms with Gasteiger partial charge in [-0.05, 0) is 43.0 Å². The molecule has 3 aliphatic rings. The van der Waals surface area contributed by atoms with Gasteiger partial charge >= 0.3 is 0 Å². The van der Waals surface area contributed by atoms with Gasteiger partial charge < -0.3 is 5.32 Å². The molecular weight excluding hydrogens is 418 g/mol. The summed E-state index contributed by atoms with van der Waals surface area (Å²) in [6.45, 7) is 3.37. The zero-order valence-corrected chi connectivity index (χ0v) is 19.0. The number of carbonyl (C=O) groups excluding carboxylic acids is 1. The minimum Gasteiger partial charge on any atom is -0.352 e. The number of fused-ring (bicyclic) bond motifs is 3. The van der Waals surface area contributed by atoms with Crippen LogP contribution in [0.2, 0.25) is 0 Å². The summed E-state index contributed by atoms with van der Waals surface area (Å²) in [7, 11) is 0. The van der Waals surface area contributed by atoms with Gasteiger partial charge in [0.25, 0.3) is 0 Å². The van der Waals surface area contributed by atoms with Crippen LogP contribution in [-0.4, -0.2) is 44.9 Å². The predicted octanol–water partition coefficient (Wildman–Crippen LogP) is 3.60. The van der Waals surface area contributed by atoms with E-state index in [1.807, 2.05) is 28.9 Å². The van der Waals surface area contributed by atoms with Gasteiger partial charge in [-0.15, -0.1) is 16.9 Å². The Morgan fingerprint density at radius 1 is 1.09 bits per heavy atom. The first-order chi connectivity index (χ1) is 15.7. The molecular formula is C25H29N5OS. The lowest BCUT2D eigenvalue weighted by Gasteiger charge is -2.49. The van der Waals surface area contributed by atoms with Crippen LogP contribution in [0.5, 0.6) is 0 Å². The van der Waals surface area contributed by atoms with E-state index in [9.17, 15) is 4.79 Å². The quantitative estimate of drug-likeness (QED) is 0.535. The first kappa shape index (κ1) is 21.2. The lowest BCUT2D eigenvalue weighted by Crippen LogP contribution is -2.58. The Morgan fingerprint density at radius 2 is 1.88 bits per heavy atom. The Morgan fingerprint density at radius 3 is 2.62 bits per heavy atom. The maximum Gasteiger partial charge on any atom is 0.224 e. The molecule has 1 N–H and O–H groups in total. The van der Waals surface area contributed by atoms with Crippen molar-refractivity contribution in [1.82, 2.24) is 25.2 Å². The summed E-state index contributed by atoms with van der Waals surface area (Å²) in [5.41, 5.74) is 2.15. The topological polar surface area (TPSA) is 63.1 Å². The molecule has 4 heterocycles. The summed E-state index contributed by atoms with van der Waals surface area (Å²) in [5.74, 6) is 1.57. The second kappa shape index (κ2) is 9.88. The second-order valence-corrected chi connectivity index (χ2v) is 9.83. The average Bonchev–Trinajstić information content (AvgIpc) is 3.30. The highest BCUT2D eigenvalue weighted by atomic mass is 32.2. The van der Waals surface area contributed by atoms with Gasteiger partial charge in [0, 0.05) is 36.0 Å². The monoisotopic (exact) mass is 447 g/mol. The van der Waals surface area contributed by atoms with Crippen LogP contribution in [0.4, 0.5) is 0 Å². The molecule has 1 aromatic heterocycles. The molecule has 0 aliphatic carbocycles. The van der Waals surface area contributed by atoms with Gasteiger partial charge in [0.1, 0.15) is 0 Å². The number of nitrogens with zero attached hydrogens (tertiary/aromatic N) is 4. The predicted molar refractivity (Wildman–Crippen MR) is 126 cm³/mol. The van der Waals surface area contributed by atoms with Crippen LogP contribution in [-0.2, 0) is 23.6 Å². The van der Waals surface area contributed by atoms with Crippen molar-refractivity contribution in [2.75, 3.05) is 13.1 Å². The van der Waals surface area contributed by atoms with E-state index in [4.69, 9.17) is 0 Å². The molecule has 32 heavy (non-hydrogen) atoms. The van der Waals surface area contributed by atoms with Crippen molar-refractivity contribution < 1.29 is 4.79 Å². The number of piperidine rings is 3. The molecule has 2 bridgehead atoms. The summed E-state index contributed by atoms with van der Waals surface area (Å²) >= 11 is 1.78. The molecule has 4 atom stereocenters. The van der Waals surface area contributed by atoms with E-state index in [0.29, 0.717) is 18.5 Å². The number of carbonyl (C=O) groups is 1. The lowest BCUT2D eigenvalue weighted by atomic mass is 9.75. The largest absolute Gasteiger partial charge is 0.352 e. The van der Waals surface area contributed by atoms with Gasteiger partial charge in [0.2, 0.25) is 5.91 Å². The van der Waals surface area contributed by atoms with Crippen molar-refractivity contribution in [3.8, 4) is 0 Å². The standard InChI is InChI=1S/C25H29N5OS/c31-25(26-14-19-7-3-1-4-8-19)24-17-29-12-11-20(24)13-22(29)16-30-15-21(27-28-30)18-32-23-9-5-2-6-10-23/h1-10,15,20,22,24H,11-14,16-18H2,(H,26,31)/t20-,22+,24-/m0/s1. The van der Waals surface area contributed by atoms with E-state index < -0.39 is 0 Å². The smallest absolute Gasteiger partial charge is 0.224 e. The van der Waals surface area contributed by atoms with Crippen molar-refractivity contribution in [3.05, 3.63) is 78.1 Å². The Balaban J connectivity index is 1.12. The fourth-order valence-corrected chi connectivity index (χ4v) is 5.72. The Labute approximate surface area is 193 Å². The summed E-state index contributed by atoms with van der Waals surface area (Å²) < 4.78 is 1.98. The van der Waals surface area contributed by atoms with Gasteiger partial charge in [0.15, 0.2) is 0 Å². The summed E-state index contributed by atoms with van der Waals surface area (Å²) in [5, 5.41) is 11.9. The molecule has 0 saturated carbocycles. The minimum atomic E-state index is 0.0947. The lowest BCUT2D eigenvalue weighted by molar-refractivity contribution is -0.133. The molecule has 166 valence electrons. The third-order valence-electron chi connectivity index (χ3n) is 6.64. The van der Waals surface area contributed by atoms with Crippen LogP contribution in [0.25, 0.3) is 0 Å². The third kappa shape index (κ3) is 5.05. The van der Waals surface area contributed by atoms with Crippen LogP contribution in [0.15, 0.2) is 71.8 Å². The summed E-state index contributed by atoms with van der Waals surface area (Å²) in [4.78, 5) is 16.6. The van der Waals surface area contributed by atoms with Crippen LogP contribution in [0.3, 0.4) is 0 Å².